The van der Waals surface area contributed by atoms with Crippen molar-refractivity contribution in [2.75, 3.05) is 20.2 Å². The van der Waals surface area contributed by atoms with Gasteiger partial charge in [0, 0.05) is 36.5 Å². The second-order valence-electron chi connectivity index (χ2n) is 7.35. The first kappa shape index (κ1) is 18.3. The van der Waals surface area contributed by atoms with E-state index in [4.69, 9.17) is 4.74 Å². The molecule has 0 unspecified atom stereocenters. The third kappa shape index (κ3) is 4.49. The standard InChI is InChI=1S/C19H28N2O3/c1-19(2,3)18(23)21-11-9-14(10-12-21)17(22)20-13-15-7-5-6-8-16(15)24-4/h5-8,14H,9-13H2,1-4H3,(H,20,22). The van der Waals surface area contributed by atoms with E-state index >= 15 is 0 Å². The molecule has 1 saturated heterocycles. The lowest BCUT2D eigenvalue weighted by Gasteiger charge is -2.35. The molecular weight excluding hydrogens is 304 g/mol. The highest BCUT2D eigenvalue weighted by Crippen LogP contribution is 2.24. The number of nitrogens with one attached hydrogen (secondary N) is 1. The Morgan fingerprint density at radius 3 is 2.42 bits per heavy atom. The molecule has 0 bridgehead atoms. The predicted octanol–water partition coefficient (Wildman–Crippen LogP) is 2.60. The summed E-state index contributed by atoms with van der Waals surface area (Å²) in [6, 6.07) is 7.68. The number of likely N-dealkylation sites (tertiary alicyclic amines) is 1. The summed E-state index contributed by atoms with van der Waals surface area (Å²) in [4.78, 5) is 26.6. The van der Waals surface area contributed by atoms with Crippen molar-refractivity contribution in [2.24, 2.45) is 11.3 Å². The largest absolute Gasteiger partial charge is 0.496 e. The van der Waals surface area contributed by atoms with Crippen molar-refractivity contribution >= 4 is 11.8 Å². The molecule has 132 valence electrons. The molecule has 1 aliphatic heterocycles. The van der Waals surface area contributed by atoms with Crippen LogP contribution in [-0.2, 0) is 16.1 Å². The zero-order chi connectivity index (χ0) is 17.7. The Labute approximate surface area is 144 Å². The third-order valence-electron chi connectivity index (χ3n) is 4.44. The highest BCUT2D eigenvalue weighted by Gasteiger charge is 2.32. The van der Waals surface area contributed by atoms with Gasteiger partial charge in [-0.15, -0.1) is 0 Å². The van der Waals surface area contributed by atoms with Crippen molar-refractivity contribution in [2.45, 2.75) is 40.2 Å². The fourth-order valence-corrected chi connectivity index (χ4v) is 2.99. The number of amides is 2. The Morgan fingerprint density at radius 1 is 1.21 bits per heavy atom. The van der Waals surface area contributed by atoms with Gasteiger partial charge in [-0.05, 0) is 18.9 Å². The third-order valence-corrected chi connectivity index (χ3v) is 4.44. The fraction of sp³-hybridized carbons (Fsp3) is 0.579. The number of rotatable bonds is 4. The molecule has 0 saturated carbocycles. The first-order valence-electron chi connectivity index (χ1n) is 8.52. The summed E-state index contributed by atoms with van der Waals surface area (Å²) in [6.45, 7) is 7.57. The molecule has 5 nitrogen and oxygen atoms in total. The van der Waals surface area contributed by atoms with Crippen molar-refractivity contribution in [3.8, 4) is 5.75 Å². The minimum atomic E-state index is -0.362. The Balaban J connectivity index is 1.84. The quantitative estimate of drug-likeness (QED) is 0.922. The van der Waals surface area contributed by atoms with Crippen molar-refractivity contribution in [3.05, 3.63) is 29.8 Å². The van der Waals surface area contributed by atoms with Gasteiger partial charge in [-0.25, -0.2) is 0 Å². The SMILES string of the molecule is COc1ccccc1CNC(=O)C1CCN(C(=O)C(C)(C)C)CC1. The van der Waals surface area contributed by atoms with E-state index in [1.54, 1.807) is 7.11 Å². The number of hydrogen-bond acceptors (Lipinski definition) is 3. The predicted molar refractivity (Wildman–Crippen MR) is 93.6 cm³/mol. The van der Waals surface area contributed by atoms with Crippen LogP contribution in [0.2, 0.25) is 0 Å². The summed E-state index contributed by atoms with van der Waals surface area (Å²) >= 11 is 0. The molecule has 1 N–H and O–H groups in total. The van der Waals surface area contributed by atoms with Crippen LogP contribution in [0.5, 0.6) is 5.75 Å². The minimum absolute atomic E-state index is 0.0243. The molecule has 0 radical (unpaired) electrons. The Hall–Kier alpha value is -2.04. The van der Waals surface area contributed by atoms with Gasteiger partial charge < -0.3 is 15.0 Å². The molecular formula is C19H28N2O3. The van der Waals surface area contributed by atoms with Crippen molar-refractivity contribution in [3.63, 3.8) is 0 Å². The van der Waals surface area contributed by atoms with Crippen LogP contribution in [0.3, 0.4) is 0 Å². The number of benzene rings is 1. The van der Waals surface area contributed by atoms with Crippen molar-refractivity contribution in [1.82, 2.24) is 10.2 Å². The number of ether oxygens (including phenoxy) is 1. The van der Waals surface area contributed by atoms with Gasteiger partial charge in [-0.1, -0.05) is 39.0 Å². The zero-order valence-electron chi connectivity index (χ0n) is 15.1. The number of para-hydroxylation sites is 1. The number of nitrogens with zero attached hydrogens (tertiary/aromatic N) is 1. The summed E-state index contributed by atoms with van der Waals surface area (Å²) in [5, 5.41) is 3.00. The maximum atomic E-state index is 12.4. The van der Waals surface area contributed by atoms with Gasteiger partial charge in [0.15, 0.2) is 0 Å². The lowest BCUT2D eigenvalue weighted by molar-refractivity contribution is -0.142. The first-order valence-corrected chi connectivity index (χ1v) is 8.52. The lowest BCUT2D eigenvalue weighted by Crippen LogP contribution is -2.46. The molecule has 1 fully saturated rings. The normalized spacial score (nSPS) is 15.9. The van der Waals surface area contributed by atoms with E-state index in [-0.39, 0.29) is 23.1 Å². The summed E-state index contributed by atoms with van der Waals surface area (Å²) in [5.74, 6) is 0.978. The molecule has 0 aliphatic carbocycles. The molecule has 5 heteroatoms. The maximum Gasteiger partial charge on any atom is 0.227 e. The highest BCUT2D eigenvalue weighted by atomic mass is 16.5. The molecule has 0 aromatic heterocycles. The molecule has 0 spiro atoms. The minimum Gasteiger partial charge on any atom is -0.496 e. The summed E-state index contributed by atoms with van der Waals surface area (Å²) in [7, 11) is 1.63. The Kier molecular flexibility index (Phi) is 5.86. The first-order chi connectivity index (χ1) is 11.3. The second kappa shape index (κ2) is 7.69. The smallest absolute Gasteiger partial charge is 0.227 e. The van der Waals surface area contributed by atoms with E-state index in [1.165, 1.54) is 0 Å². The van der Waals surface area contributed by atoms with Gasteiger partial charge in [0.05, 0.1) is 7.11 Å². The molecule has 0 atom stereocenters. The number of methoxy groups -OCH3 is 1. The van der Waals surface area contributed by atoms with Crippen LogP contribution in [0.25, 0.3) is 0 Å². The highest BCUT2D eigenvalue weighted by molar-refractivity contribution is 5.82. The van der Waals surface area contributed by atoms with Gasteiger partial charge in [0.25, 0.3) is 0 Å². The van der Waals surface area contributed by atoms with Crippen LogP contribution in [0.1, 0.15) is 39.2 Å². The number of hydrogen-bond donors (Lipinski definition) is 1. The molecule has 2 amide bonds. The van der Waals surface area contributed by atoms with Gasteiger partial charge in [-0.3, -0.25) is 9.59 Å². The summed E-state index contributed by atoms with van der Waals surface area (Å²) in [6.07, 6.45) is 1.44. The average molecular weight is 332 g/mol. The van der Waals surface area contributed by atoms with Crippen LogP contribution < -0.4 is 10.1 Å². The van der Waals surface area contributed by atoms with E-state index in [0.29, 0.717) is 19.6 Å². The summed E-state index contributed by atoms with van der Waals surface area (Å²) in [5.41, 5.74) is 0.604. The maximum absolute atomic E-state index is 12.4. The monoisotopic (exact) mass is 332 g/mol. The summed E-state index contributed by atoms with van der Waals surface area (Å²) < 4.78 is 5.30. The Morgan fingerprint density at radius 2 is 1.83 bits per heavy atom. The van der Waals surface area contributed by atoms with E-state index in [9.17, 15) is 9.59 Å². The molecule has 2 rings (SSSR count). The van der Waals surface area contributed by atoms with Crippen LogP contribution in [0.15, 0.2) is 24.3 Å². The van der Waals surface area contributed by atoms with Gasteiger partial charge in [0.2, 0.25) is 11.8 Å². The topological polar surface area (TPSA) is 58.6 Å². The molecule has 1 aliphatic rings. The van der Waals surface area contributed by atoms with Crippen molar-refractivity contribution < 1.29 is 14.3 Å². The van der Waals surface area contributed by atoms with Gasteiger partial charge >= 0.3 is 0 Å². The van der Waals surface area contributed by atoms with Crippen molar-refractivity contribution in [1.29, 1.82) is 0 Å². The molecule has 24 heavy (non-hydrogen) atoms. The molecule has 1 aromatic rings. The average Bonchev–Trinajstić information content (AvgIpc) is 2.58. The molecule has 1 heterocycles. The van der Waals surface area contributed by atoms with Gasteiger partial charge in [-0.2, -0.15) is 0 Å². The number of carbonyl (C=O) groups excluding carboxylic acids is 2. The zero-order valence-corrected chi connectivity index (χ0v) is 15.1. The Bertz CT molecular complexity index is 585. The molecule has 1 aromatic carbocycles. The van der Waals surface area contributed by atoms with E-state index in [0.717, 1.165) is 24.2 Å². The van der Waals surface area contributed by atoms with Crippen LogP contribution >= 0.6 is 0 Å². The van der Waals surface area contributed by atoms with E-state index < -0.39 is 0 Å². The van der Waals surface area contributed by atoms with Crippen LogP contribution in [0, 0.1) is 11.3 Å². The van der Waals surface area contributed by atoms with Crippen LogP contribution in [-0.4, -0.2) is 36.9 Å². The van der Waals surface area contributed by atoms with Gasteiger partial charge in [0.1, 0.15) is 5.75 Å². The fourth-order valence-electron chi connectivity index (χ4n) is 2.99. The number of carbonyl (C=O) groups is 2. The lowest BCUT2D eigenvalue weighted by atomic mass is 9.90. The second-order valence-corrected chi connectivity index (χ2v) is 7.35. The van der Waals surface area contributed by atoms with E-state index in [1.807, 2.05) is 49.9 Å². The van der Waals surface area contributed by atoms with E-state index in [2.05, 4.69) is 5.32 Å². The van der Waals surface area contributed by atoms with Crippen LogP contribution in [0.4, 0.5) is 0 Å². The number of piperidine rings is 1.